The molecule has 2 amide bonds. The van der Waals surface area contributed by atoms with Gasteiger partial charge in [0.05, 0.1) is 0 Å². The van der Waals surface area contributed by atoms with Crippen LogP contribution < -0.4 is 0 Å². The number of carbonyl (C=O) groups is 3. The number of amides is 2. The second-order valence-electron chi connectivity index (χ2n) is 9.19. The third-order valence-electron chi connectivity index (χ3n) is 5.71. The quantitative estimate of drug-likeness (QED) is 0.807. The van der Waals surface area contributed by atoms with Crippen molar-refractivity contribution in [3.05, 3.63) is 35.9 Å². The number of carboxylic acids is 1. The number of aliphatic carboxylic acids is 1. The molecule has 2 heterocycles. The van der Waals surface area contributed by atoms with Crippen molar-refractivity contribution in [3.8, 4) is 0 Å². The molecule has 0 aliphatic carbocycles. The molecule has 0 radical (unpaired) electrons. The van der Waals surface area contributed by atoms with Gasteiger partial charge in [0.25, 0.3) is 0 Å². The molecule has 1 aromatic rings. The lowest BCUT2D eigenvalue weighted by atomic mass is 9.76. The zero-order valence-corrected chi connectivity index (χ0v) is 17.8. The van der Waals surface area contributed by atoms with Gasteiger partial charge in [-0.3, -0.25) is 4.90 Å². The van der Waals surface area contributed by atoms with Crippen LogP contribution in [0, 0.1) is 5.41 Å². The van der Waals surface area contributed by atoms with E-state index in [1.54, 1.807) is 4.90 Å². The molecule has 8 nitrogen and oxygen atoms in total. The van der Waals surface area contributed by atoms with Gasteiger partial charge in [-0.25, -0.2) is 14.4 Å². The van der Waals surface area contributed by atoms with Crippen LogP contribution in [0.1, 0.15) is 45.6 Å². The third kappa shape index (κ3) is 5.23. The summed E-state index contributed by atoms with van der Waals surface area (Å²) in [5.41, 5.74) is -0.0435. The largest absolute Gasteiger partial charge is 0.480 e. The standard InChI is InChI=1S/C22H30N2O6/c1-21(2,3)30-19(27)23-11-9-22(10-12-23)13-17(18(25)26)24(15-22)20(28)29-14-16-7-5-4-6-8-16/h4-8,17H,9-15H2,1-3H3,(H,25,26). The molecular formula is C22H30N2O6. The van der Waals surface area contributed by atoms with Crippen LogP contribution >= 0.6 is 0 Å². The Morgan fingerprint density at radius 1 is 1.10 bits per heavy atom. The number of carbonyl (C=O) groups excluding carboxylic acids is 2. The molecule has 0 saturated carbocycles. The molecule has 1 unspecified atom stereocenters. The maximum absolute atomic E-state index is 12.6. The molecular weight excluding hydrogens is 388 g/mol. The second-order valence-corrected chi connectivity index (χ2v) is 9.19. The number of ether oxygens (including phenoxy) is 2. The van der Waals surface area contributed by atoms with Crippen molar-refractivity contribution in [1.29, 1.82) is 0 Å². The minimum Gasteiger partial charge on any atom is -0.480 e. The molecule has 1 atom stereocenters. The summed E-state index contributed by atoms with van der Waals surface area (Å²) in [7, 11) is 0. The number of hydrogen-bond donors (Lipinski definition) is 1. The van der Waals surface area contributed by atoms with E-state index in [1.807, 2.05) is 51.1 Å². The summed E-state index contributed by atoms with van der Waals surface area (Å²) in [4.78, 5) is 39.7. The lowest BCUT2D eigenvalue weighted by Gasteiger charge is -2.39. The molecule has 30 heavy (non-hydrogen) atoms. The number of hydrogen-bond acceptors (Lipinski definition) is 5. The fraction of sp³-hybridized carbons (Fsp3) is 0.591. The van der Waals surface area contributed by atoms with Crippen LogP contribution in [0.15, 0.2) is 30.3 Å². The first-order valence-electron chi connectivity index (χ1n) is 10.3. The first-order chi connectivity index (χ1) is 14.1. The predicted octanol–water partition coefficient (Wildman–Crippen LogP) is 3.50. The Labute approximate surface area is 176 Å². The smallest absolute Gasteiger partial charge is 0.410 e. The average molecular weight is 418 g/mol. The van der Waals surface area contributed by atoms with Crippen LogP contribution in [0.2, 0.25) is 0 Å². The fourth-order valence-electron chi connectivity index (χ4n) is 4.12. The van der Waals surface area contributed by atoms with E-state index >= 15 is 0 Å². The molecule has 1 aromatic carbocycles. The molecule has 2 saturated heterocycles. The zero-order chi connectivity index (χ0) is 21.9. The second kappa shape index (κ2) is 8.53. The van der Waals surface area contributed by atoms with Crippen LogP contribution in [0.3, 0.4) is 0 Å². The van der Waals surface area contributed by atoms with Crippen molar-refractivity contribution in [2.24, 2.45) is 5.41 Å². The van der Waals surface area contributed by atoms with Gasteiger partial charge in [-0.1, -0.05) is 30.3 Å². The molecule has 164 valence electrons. The summed E-state index contributed by atoms with van der Waals surface area (Å²) >= 11 is 0. The van der Waals surface area contributed by atoms with E-state index in [1.165, 1.54) is 4.90 Å². The number of carboxylic acid groups (broad SMARTS) is 1. The maximum Gasteiger partial charge on any atom is 0.410 e. The summed E-state index contributed by atoms with van der Waals surface area (Å²) in [6, 6.07) is 8.36. The minimum absolute atomic E-state index is 0.0991. The summed E-state index contributed by atoms with van der Waals surface area (Å²) in [6.45, 7) is 6.85. The van der Waals surface area contributed by atoms with E-state index in [9.17, 15) is 19.5 Å². The lowest BCUT2D eigenvalue weighted by Crippen LogP contribution is -2.46. The molecule has 1 N–H and O–H groups in total. The topological polar surface area (TPSA) is 96.4 Å². The Balaban J connectivity index is 1.61. The van der Waals surface area contributed by atoms with Gasteiger partial charge in [0, 0.05) is 19.6 Å². The molecule has 2 fully saturated rings. The third-order valence-corrected chi connectivity index (χ3v) is 5.71. The van der Waals surface area contributed by atoms with Crippen molar-refractivity contribution >= 4 is 18.2 Å². The van der Waals surface area contributed by atoms with E-state index in [-0.39, 0.29) is 18.1 Å². The Morgan fingerprint density at radius 2 is 1.73 bits per heavy atom. The van der Waals surface area contributed by atoms with Crippen LogP contribution in [0.4, 0.5) is 9.59 Å². The number of benzene rings is 1. The van der Waals surface area contributed by atoms with Gasteiger partial charge in [0.2, 0.25) is 0 Å². The first-order valence-corrected chi connectivity index (χ1v) is 10.3. The lowest BCUT2D eigenvalue weighted by molar-refractivity contribution is -0.141. The van der Waals surface area contributed by atoms with Crippen molar-refractivity contribution in [3.63, 3.8) is 0 Å². The summed E-state index contributed by atoms with van der Waals surface area (Å²) < 4.78 is 10.8. The Morgan fingerprint density at radius 3 is 2.30 bits per heavy atom. The monoisotopic (exact) mass is 418 g/mol. The molecule has 0 aromatic heterocycles. The van der Waals surface area contributed by atoms with Gasteiger partial charge in [0.1, 0.15) is 18.2 Å². The highest BCUT2D eigenvalue weighted by molar-refractivity contribution is 5.81. The van der Waals surface area contributed by atoms with E-state index in [0.29, 0.717) is 38.9 Å². The highest BCUT2D eigenvalue weighted by Crippen LogP contribution is 2.44. The number of likely N-dealkylation sites (tertiary alicyclic amines) is 2. The molecule has 2 aliphatic heterocycles. The van der Waals surface area contributed by atoms with Crippen molar-refractivity contribution in [2.45, 2.75) is 58.3 Å². The van der Waals surface area contributed by atoms with Crippen LogP contribution in [0.5, 0.6) is 0 Å². The van der Waals surface area contributed by atoms with Gasteiger partial charge < -0.3 is 19.5 Å². The zero-order valence-electron chi connectivity index (χ0n) is 17.8. The molecule has 2 aliphatic rings. The number of rotatable bonds is 3. The van der Waals surface area contributed by atoms with Gasteiger partial charge in [0.15, 0.2) is 0 Å². The van der Waals surface area contributed by atoms with Gasteiger partial charge in [-0.2, -0.15) is 0 Å². The minimum atomic E-state index is -1.03. The van der Waals surface area contributed by atoms with Crippen LogP contribution in [-0.2, 0) is 20.9 Å². The van der Waals surface area contributed by atoms with Crippen molar-refractivity contribution < 1.29 is 29.0 Å². The van der Waals surface area contributed by atoms with Crippen molar-refractivity contribution in [1.82, 2.24) is 9.80 Å². The molecule has 0 bridgehead atoms. The molecule has 1 spiro atoms. The normalized spacial score (nSPS) is 20.8. The van der Waals surface area contributed by atoms with Crippen LogP contribution in [0.25, 0.3) is 0 Å². The SMILES string of the molecule is CC(C)(C)OC(=O)N1CCC2(CC1)CC(C(=O)O)N(C(=O)OCc1ccccc1)C2. The van der Waals surface area contributed by atoms with E-state index in [4.69, 9.17) is 9.47 Å². The van der Waals surface area contributed by atoms with Crippen LogP contribution in [-0.4, -0.2) is 64.3 Å². The Bertz CT molecular complexity index is 781. The number of nitrogens with zero attached hydrogens (tertiary/aromatic N) is 2. The molecule has 8 heteroatoms. The van der Waals surface area contributed by atoms with E-state index < -0.39 is 23.7 Å². The highest BCUT2D eigenvalue weighted by atomic mass is 16.6. The Kier molecular flexibility index (Phi) is 6.24. The average Bonchev–Trinajstić information content (AvgIpc) is 3.06. The fourth-order valence-corrected chi connectivity index (χ4v) is 4.12. The predicted molar refractivity (Wildman–Crippen MR) is 109 cm³/mol. The van der Waals surface area contributed by atoms with Gasteiger partial charge in [-0.05, 0) is 51.0 Å². The Hall–Kier alpha value is -2.77. The van der Waals surface area contributed by atoms with Gasteiger partial charge in [-0.15, -0.1) is 0 Å². The first kappa shape index (κ1) is 21.9. The number of piperidine rings is 1. The maximum atomic E-state index is 12.6. The van der Waals surface area contributed by atoms with Gasteiger partial charge >= 0.3 is 18.2 Å². The summed E-state index contributed by atoms with van der Waals surface area (Å²) in [5, 5.41) is 9.67. The van der Waals surface area contributed by atoms with E-state index in [0.717, 1.165) is 5.56 Å². The molecule has 3 rings (SSSR count). The van der Waals surface area contributed by atoms with E-state index in [2.05, 4.69) is 0 Å². The van der Waals surface area contributed by atoms with Crippen molar-refractivity contribution in [2.75, 3.05) is 19.6 Å². The summed E-state index contributed by atoms with van der Waals surface area (Å²) in [6.07, 6.45) is 0.643. The highest BCUT2D eigenvalue weighted by Gasteiger charge is 2.51. The summed E-state index contributed by atoms with van der Waals surface area (Å²) in [5.74, 6) is -1.03.